The van der Waals surface area contributed by atoms with E-state index in [0.717, 1.165) is 32.1 Å². The average molecular weight is 449 g/mol. The van der Waals surface area contributed by atoms with Crippen LogP contribution in [0.4, 0.5) is 0 Å². The minimum absolute atomic E-state index is 0.193. The lowest BCUT2D eigenvalue weighted by Crippen LogP contribution is -2.60. The smallest absolute Gasteiger partial charge is 0.335 e. The number of aliphatic hydroxyl groups is 3. The van der Waals surface area contributed by atoms with E-state index in [1.807, 2.05) is 0 Å². The van der Waals surface area contributed by atoms with E-state index in [9.17, 15) is 30.0 Å². The van der Waals surface area contributed by atoms with Gasteiger partial charge in [-0.05, 0) is 50.9 Å². The molecule has 1 heterocycles. The van der Waals surface area contributed by atoms with Gasteiger partial charge >= 0.3 is 5.97 Å². The van der Waals surface area contributed by atoms with Gasteiger partial charge in [0.15, 0.2) is 12.4 Å². The number of carboxylic acids is 1. The Morgan fingerprint density at radius 2 is 1.91 bits per heavy atom. The number of aliphatic carboxylic acids is 1. The van der Waals surface area contributed by atoms with Crippen molar-refractivity contribution in [2.45, 2.75) is 95.1 Å². The average Bonchev–Trinajstić information content (AvgIpc) is 3.08. The largest absolute Gasteiger partial charge is 0.479 e. The summed E-state index contributed by atoms with van der Waals surface area (Å²) in [6, 6.07) is 0. The summed E-state index contributed by atoms with van der Waals surface area (Å²) in [5, 5.41) is 39.4. The molecule has 0 spiro atoms. The van der Waals surface area contributed by atoms with Crippen LogP contribution < -0.4 is 0 Å². The first-order valence-electron chi connectivity index (χ1n) is 11.7. The van der Waals surface area contributed by atoms with E-state index in [0.29, 0.717) is 36.9 Å². The highest BCUT2D eigenvalue weighted by molar-refractivity contribution is 5.88. The summed E-state index contributed by atoms with van der Waals surface area (Å²) in [5.74, 6) is -0.223. The molecule has 176 valence electrons. The predicted octanol–water partition coefficient (Wildman–Crippen LogP) is 1.47. The molecule has 0 aromatic carbocycles. The van der Waals surface area contributed by atoms with Gasteiger partial charge in [0.25, 0.3) is 0 Å². The Morgan fingerprint density at radius 3 is 2.66 bits per heavy atom. The summed E-state index contributed by atoms with van der Waals surface area (Å²) in [4.78, 5) is 23.8. The second-order valence-electron chi connectivity index (χ2n) is 10.3. The summed E-state index contributed by atoms with van der Waals surface area (Å²) < 4.78 is 11.2. The molecule has 2 saturated carbocycles. The van der Waals surface area contributed by atoms with Crippen LogP contribution in [0.15, 0.2) is 22.8 Å². The number of fused-ring (bicyclic) bond motifs is 4. The minimum Gasteiger partial charge on any atom is -0.479 e. The molecule has 0 radical (unpaired) electrons. The first-order chi connectivity index (χ1) is 15.2. The molecule has 0 amide bonds. The van der Waals surface area contributed by atoms with E-state index < -0.39 is 36.7 Å². The third kappa shape index (κ3) is 3.39. The molecular formula is C24H32O8. The molecule has 1 unspecified atom stereocenters. The maximum Gasteiger partial charge on any atom is 0.335 e. The molecule has 5 rings (SSSR count). The second kappa shape index (κ2) is 8.02. The van der Waals surface area contributed by atoms with Crippen molar-refractivity contribution in [3.8, 4) is 0 Å². The Labute approximate surface area is 186 Å². The zero-order valence-corrected chi connectivity index (χ0v) is 18.3. The first-order valence-corrected chi connectivity index (χ1v) is 11.7. The van der Waals surface area contributed by atoms with Crippen LogP contribution in [0.1, 0.15) is 58.3 Å². The molecule has 3 fully saturated rings. The fourth-order valence-corrected chi connectivity index (χ4v) is 6.78. The number of ketones is 1. The van der Waals surface area contributed by atoms with Crippen LogP contribution >= 0.6 is 0 Å². The molecule has 8 heteroatoms. The number of carbonyl (C=O) groups is 2. The van der Waals surface area contributed by atoms with Crippen LogP contribution in [0, 0.1) is 17.3 Å². The van der Waals surface area contributed by atoms with Gasteiger partial charge in [-0.3, -0.25) is 4.79 Å². The molecular weight excluding hydrogens is 416 g/mol. The van der Waals surface area contributed by atoms with Crippen molar-refractivity contribution >= 4 is 11.8 Å². The van der Waals surface area contributed by atoms with Gasteiger partial charge in [-0.1, -0.05) is 29.7 Å². The van der Waals surface area contributed by atoms with Crippen LogP contribution in [0.2, 0.25) is 0 Å². The number of hydrogen-bond acceptors (Lipinski definition) is 7. The Bertz CT molecular complexity index is 877. The standard InChI is InChI=1S/C24H32O8/c1-24-9-8-14-13-5-3-12(10-11(13)2-4-15(14)16(24)6-7-17(24)25)31-23-20(28)18(26)19(27)21(32-23)22(29)30/h4,12,14,16,18-21,23,26-28H,2-3,5-10H2,1H3,(H,29,30)/t12-,14+,16-,18-,19-,20+,21-,23?,24-/m0/s1. The molecule has 1 aliphatic heterocycles. The maximum atomic E-state index is 12.5. The molecule has 5 aliphatic rings. The Balaban J connectivity index is 1.28. The SMILES string of the molecule is C[C@]12CC[C@H]3C(=CCC4=C3CC[C@H](OC3O[C@H](C(=O)O)[C@@H](O)[C@H](O)[C@H]3O)C4)[C@@H]1CCC2=O. The Kier molecular flexibility index (Phi) is 5.57. The molecule has 0 bridgehead atoms. The zero-order valence-electron chi connectivity index (χ0n) is 18.3. The highest BCUT2D eigenvalue weighted by Crippen LogP contribution is 2.58. The number of allylic oxidation sites excluding steroid dienone is 3. The van der Waals surface area contributed by atoms with Crippen molar-refractivity contribution in [3.05, 3.63) is 22.8 Å². The van der Waals surface area contributed by atoms with Gasteiger partial charge in [0.2, 0.25) is 0 Å². The van der Waals surface area contributed by atoms with E-state index in [2.05, 4.69) is 13.0 Å². The van der Waals surface area contributed by atoms with E-state index in [1.165, 1.54) is 16.7 Å². The molecule has 8 nitrogen and oxygen atoms in total. The number of carboxylic acid groups (broad SMARTS) is 1. The second-order valence-corrected chi connectivity index (χ2v) is 10.3. The molecule has 4 aliphatic carbocycles. The molecule has 32 heavy (non-hydrogen) atoms. The number of Topliss-reactive ketones (excluding diaryl/α,β-unsaturated/α-hetero) is 1. The summed E-state index contributed by atoms with van der Waals surface area (Å²) >= 11 is 0. The van der Waals surface area contributed by atoms with Gasteiger partial charge < -0.3 is 29.9 Å². The number of aliphatic hydroxyl groups excluding tert-OH is 3. The van der Waals surface area contributed by atoms with Gasteiger partial charge in [-0.15, -0.1) is 0 Å². The van der Waals surface area contributed by atoms with Crippen LogP contribution in [0.5, 0.6) is 0 Å². The zero-order chi connectivity index (χ0) is 22.8. The first kappa shape index (κ1) is 22.2. The van der Waals surface area contributed by atoms with E-state index in [1.54, 1.807) is 0 Å². The fraction of sp³-hybridized carbons (Fsp3) is 0.750. The molecule has 4 N–H and O–H groups in total. The number of hydrogen-bond donors (Lipinski definition) is 4. The van der Waals surface area contributed by atoms with E-state index >= 15 is 0 Å². The van der Waals surface area contributed by atoms with Crippen molar-refractivity contribution in [3.63, 3.8) is 0 Å². The van der Waals surface area contributed by atoms with Gasteiger partial charge in [-0.25, -0.2) is 4.79 Å². The quantitative estimate of drug-likeness (QED) is 0.477. The summed E-state index contributed by atoms with van der Waals surface area (Å²) in [6.07, 6.45) is 0.860. The van der Waals surface area contributed by atoms with Crippen LogP contribution in [0.3, 0.4) is 0 Å². The third-order valence-electron chi connectivity index (χ3n) is 8.63. The van der Waals surface area contributed by atoms with Gasteiger partial charge in [0.05, 0.1) is 6.10 Å². The van der Waals surface area contributed by atoms with Crippen molar-refractivity contribution in [1.29, 1.82) is 0 Å². The summed E-state index contributed by atoms with van der Waals surface area (Å²) in [6.45, 7) is 2.14. The monoisotopic (exact) mass is 448 g/mol. The topological polar surface area (TPSA) is 134 Å². The van der Waals surface area contributed by atoms with E-state index in [-0.39, 0.29) is 11.5 Å². The molecule has 1 saturated heterocycles. The third-order valence-corrected chi connectivity index (χ3v) is 8.63. The van der Waals surface area contributed by atoms with Gasteiger partial charge in [-0.2, -0.15) is 0 Å². The summed E-state index contributed by atoms with van der Waals surface area (Å²) in [7, 11) is 0. The molecule has 9 atom stereocenters. The van der Waals surface area contributed by atoms with Crippen molar-refractivity contribution in [2.75, 3.05) is 0 Å². The van der Waals surface area contributed by atoms with Crippen molar-refractivity contribution in [1.82, 2.24) is 0 Å². The van der Waals surface area contributed by atoms with Gasteiger partial charge in [0, 0.05) is 17.8 Å². The van der Waals surface area contributed by atoms with Crippen LogP contribution in [0.25, 0.3) is 0 Å². The lowest BCUT2D eigenvalue weighted by atomic mass is 9.58. The number of ether oxygens (including phenoxy) is 2. The summed E-state index contributed by atoms with van der Waals surface area (Å²) in [5.41, 5.74) is 4.05. The lowest BCUT2D eigenvalue weighted by Gasteiger charge is -2.46. The van der Waals surface area contributed by atoms with Crippen molar-refractivity contribution in [2.24, 2.45) is 17.3 Å². The van der Waals surface area contributed by atoms with Crippen LogP contribution in [-0.4, -0.2) is 69.0 Å². The Hall–Kier alpha value is -1.58. The number of carbonyl (C=O) groups excluding carboxylic acids is 1. The van der Waals surface area contributed by atoms with Crippen LogP contribution in [-0.2, 0) is 19.1 Å². The highest BCUT2D eigenvalue weighted by Gasteiger charge is 2.53. The highest BCUT2D eigenvalue weighted by atomic mass is 16.7. The minimum atomic E-state index is -1.72. The Morgan fingerprint density at radius 1 is 1.12 bits per heavy atom. The van der Waals surface area contributed by atoms with Gasteiger partial charge in [0.1, 0.15) is 24.1 Å². The fourth-order valence-electron chi connectivity index (χ4n) is 6.78. The predicted molar refractivity (Wildman–Crippen MR) is 111 cm³/mol. The van der Waals surface area contributed by atoms with E-state index in [4.69, 9.17) is 9.47 Å². The number of rotatable bonds is 3. The lowest BCUT2D eigenvalue weighted by molar-refractivity contribution is -0.304. The molecule has 0 aromatic rings. The normalized spacial score (nSPS) is 46.2. The molecule has 0 aromatic heterocycles. The maximum absolute atomic E-state index is 12.5. The van der Waals surface area contributed by atoms with Crippen molar-refractivity contribution < 1.29 is 39.5 Å².